The van der Waals surface area contributed by atoms with E-state index in [-0.39, 0.29) is 25.7 Å². The first-order valence-corrected chi connectivity index (χ1v) is 8.65. The summed E-state index contributed by atoms with van der Waals surface area (Å²) >= 11 is 0. The van der Waals surface area contributed by atoms with Crippen LogP contribution in [-0.2, 0) is 14.6 Å². The van der Waals surface area contributed by atoms with Crippen LogP contribution in [0.2, 0.25) is 0 Å². The maximum Gasteiger partial charge on any atom is 0.402 e. The number of unbranched alkanes of at least 4 members (excludes halogenated alkanes) is 1. The quantitative estimate of drug-likeness (QED) is 0.514. The standard InChI is InChI=1S/C13H21F6NO3S/c1-8(6-4-5-7-9(20)21)24(22,23)11(2,3)10(12(14,15)16)13(17,18)19/h8,10H,4-7H2,1-3H3,(H2,20,21). The largest absolute Gasteiger partial charge is 0.402 e. The van der Waals surface area contributed by atoms with Crippen molar-refractivity contribution in [1.82, 2.24) is 0 Å². The topological polar surface area (TPSA) is 77.2 Å². The molecule has 0 saturated heterocycles. The van der Waals surface area contributed by atoms with E-state index < -0.39 is 44.0 Å². The normalized spacial score (nSPS) is 15.6. The average molecular weight is 385 g/mol. The monoisotopic (exact) mass is 385 g/mol. The molecule has 0 heterocycles. The molecule has 1 amide bonds. The molecule has 0 aliphatic rings. The Morgan fingerprint density at radius 3 is 1.75 bits per heavy atom. The molecule has 0 aliphatic heterocycles. The summed E-state index contributed by atoms with van der Waals surface area (Å²) in [5, 5.41) is -1.42. The van der Waals surface area contributed by atoms with Crippen LogP contribution in [0.3, 0.4) is 0 Å². The van der Waals surface area contributed by atoms with Gasteiger partial charge < -0.3 is 5.73 Å². The Morgan fingerprint density at radius 2 is 1.42 bits per heavy atom. The van der Waals surface area contributed by atoms with Crippen molar-refractivity contribution in [2.45, 2.75) is 68.8 Å². The summed E-state index contributed by atoms with van der Waals surface area (Å²) in [6, 6.07) is 0. The van der Waals surface area contributed by atoms with E-state index in [9.17, 15) is 39.6 Å². The summed E-state index contributed by atoms with van der Waals surface area (Å²) in [4.78, 5) is 10.6. The molecule has 24 heavy (non-hydrogen) atoms. The fraction of sp³-hybridized carbons (Fsp3) is 0.923. The Kier molecular flexibility index (Phi) is 7.17. The molecule has 0 fully saturated rings. The van der Waals surface area contributed by atoms with Crippen molar-refractivity contribution in [1.29, 1.82) is 0 Å². The third-order valence-corrected chi connectivity index (χ3v) is 6.89. The van der Waals surface area contributed by atoms with Crippen LogP contribution in [0.5, 0.6) is 0 Å². The molecule has 1 atom stereocenters. The van der Waals surface area contributed by atoms with Crippen LogP contribution < -0.4 is 5.73 Å². The zero-order valence-corrected chi connectivity index (χ0v) is 14.3. The molecule has 2 N–H and O–H groups in total. The number of sulfone groups is 1. The summed E-state index contributed by atoms with van der Waals surface area (Å²) in [6.45, 7) is 1.94. The highest BCUT2D eigenvalue weighted by Crippen LogP contribution is 2.49. The minimum atomic E-state index is -5.75. The highest BCUT2D eigenvalue weighted by atomic mass is 32.2. The number of hydrogen-bond acceptors (Lipinski definition) is 3. The van der Waals surface area contributed by atoms with Gasteiger partial charge in [0.05, 0.1) is 10.00 Å². The van der Waals surface area contributed by atoms with Crippen molar-refractivity contribution in [3.63, 3.8) is 0 Å². The van der Waals surface area contributed by atoms with E-state index in [2.05, 4.69) is 0 Å². The minimum absolute atomic E-state index is 0.0378. The fourth-order valence-corrected chi connectivity index (χ4v) is 4.65. The van der Waals surface area contributed by atoms with E-state index in [1.807, 2.05) is 0 Å². The van der Waals surface area contributed by atoms with Crippen molar-refractivity contribution in [2.75, 3.05) is 0 Å². The molecule has 0 spiro atoms. The van der Waals surface area contributed by atoms with E-state index in [1.54, 1.807) is 0 Å². The van der Waals surface area contributed by atoms with Crippen molar-refractivity contribution in [3.8, 4) is 0 Å². The third kappa shape index (κ3) is 5.52. The second-order valence-electron chi connectivity index (χ2n) is 6.19. The third-order valence-electron chi connectivity index (χ3n) is 3.90. The highest BCUT2D eigenvalue weighted by molar-refractivity contribution is 7.93. The zero-order chi connectivity index (χ0) is 19.6. The van der Waals surface area contributed by atoms with Gasteiger partial charge in [0.15, 0.2) is 15.8 Å². The smallest absolute Gasteiger partial charge is 0.370 e. The number of carbonyl (C=O) groups is 1. The van der Waals surface area contributed by atoms with Gasteiger partial charge in [-0.15, -0.1) is 0 Å². The van der Waals surface area contributed by atoms with Gasteiger partial charge in [-0.25, -0.2) is 8.42 Å². The van der Waals surface area contributed by atoms with Crippen LogP contribution in [0.4, 0.5) is 26.3 Å². The number of primary amides is 1. The van der Waals surface area contributed by atoms with Gasteiger partial charge in [-0.05, 0) is 33.6 Å². The minimum Gasteiger partial charge on any atom is -0.370 e. The van der Waals surface area contributed by atoms with Gasteiger partial charge in [0, 0.05) is 6.42 Å². The van der Waals surface area contributed by atoms with E-state index >= 15 is 0 Å². The SMILES string of the molecule is CC(CCCCC(N)=O)S(=O)(=O)C(C)(C)C(C(F)(F)F)C(F)(F)F. The highest BCUT2D eigenvalue weighted by Gasteiger charge is 2.67. The Morgan fingerprint density at radius 1 is 1.00 bits per heavy atom. The van der Waals surface area contributed by atoms with E-state index in [0.717, 1.165) is 6.92 Å². The Balaban J connectivity index is 5.44. The van der Waals surface area contributed by atoms with Gasteiger partial charge in [-0.3, -0.25) is 4.79 Å². The first-order chi connectivity index (χ1) is 10.5. The number of halogens is 6. The molecule has 4 nitrogen and oxygen atoms in total. The molecule has 0 aromatic heterocycles. The van der Waals surface area contributed by atoms with E-state index in [1.165, 1.54) is 0 Å². The molecule has 0 radical (unpaired) electrons. The van der Waals surface area contributed by atoms with Crippen LogP contribution in [0.1, 0.15) is 46.5 Å². The lowest BCUT2D eigenvalue weighted by atomic mass is 9.93. The molecule has 1 unspecified atom stereocenters. The van der Waals surface area contributed by atoms with Crippen LogP contribution in [-0.4, -0.2) is 36.7 Å². The lowest BCUT2D eigenvalue weighted by Crippen LogP contribution is -2.56. The lowest BCUT2D eigenvalue weighted by Gasteiger charge is -2.37. The average Bonchev–Trinajstić information content (AvgIpc) is 2.29. The molecule has 0 bridgehead atoms. The number of alkyl halides is 6. The molecule has 144 valence electrons. The summed E-state index contributed by atoms with van der Waals surface area (Å²) in [5.41, 5.74) is 4.89. The molecule has 0 aromatic carbocycles. The number of carbonyl (C=O) groups excluding carboxylic acids is 1. The Labute approximate surface area is 136 Å². The first-order valence-electron chi connectivity index (χ1n) is 7.11. The van der Waals surface area contributed by atoms with Crippen LogP contribution in [0, 0.1) is 5.92 Å². The number of amides is 1. The summed E-state index contributed by atoms with van der Waals surface area (Å²) in [5.74, 6) is -4.62. The molecule has 0 saturated carbocycles. The summed E-state index contributed by atoms with van der Waals surface area (Å²) < 4.78 is 98.8. The first kappa shape index (κ1) is 23.0. The predicted octanol–water partition coefficient (Wildman–Crippen LogP) is 3.35. The summed E-state index contributed by atoms with van der Waals surface area (Å²) in [6.07, 6.45) is -11.4. The van der Waals surface area contributed by atoms with Crippen molar-refractivity contribution in [2.24, 2.45) is 11.7 Å². The molecule has 0 aliphatic carbocycles. The summed E-state index contributed by atoms with van der Waals surface area (Å²) in [7, 11) is -4.76. The van der Waals surface area contributed by atoms with Gasteiger partial charge in [-0.1, -0.05) is 6.42 Å². The molecular formula is C13H21F6NO3S. The van der Waals surface area contributed by atoms with Gasteiger partial charge in [0.25, 0.3) is 0 Å². The second-order valence-corrected chi connectivity index (χ2v) is 9.13. The van der Waals surface area contributed by atoms with Crippen LogP contribution in [0.25, 0.3) is 0 Å². The van der Waals surface area contributed by atoms with Crippen molar-refractivity contribution in [3.05, 3.63) is 0 Å². The Hall–Kier alpha value is -1.00. The van der Waals surface area contributed by atoms with Crippen molar-refractivity contribution < 1.29 is 39.6 Å². The van der Waals surface area contributed by atoms with Crippen molar-refractivity contribution >= 4 is 15.7 Å². The number of hydrogen-bond donors (Lipinski definition) is 1. The van der Waals surface area contributed by atoms with Gasteiger partial charge in [-0.2, -0.15) is 26.3 Å². The molecule has 0 aromatic rings. The Bertz CT molecular complexity index is 525. The van der Waals surface area contributed by atoms with Crippen LogP contribution in [0.15, 0.2) is 0 Å². The lowest BCUT2D eigenvalue weighted by molar-refractivity contribution is -0.291. The van der Waals surface area contributed by atoms with E-state index in [4.69, 9.17) is 5.73 Å². The molecule has 11 heteroatoms. The second kappa shape index (κ2) is 7.49. The number of nitrogens with two attached hydrogens (primary N) is 1. The van der Waals surface area contributed by atoms with Gasteiger partial charge >= 0.3 is 12.4 Å². The molecular weight excluding hydrogens is 364 g/mol. The maximum atomic E-state index is 12.9. The predicted molar refractivity (Wildman–Crippen MR) is 75.7 cm³/mol. The fourth-order valence-electron chi connectivity index (χ4n) is 2.54. The molecule has 0 rings (SSSR count). The zero-order valence-electron chi connectivity index (χ0n) is 13.5. The van der Waals surface area contributed by atoms with Crippen LogP contribution >= 0.6 is 0 Å². The van der Waals surface area contributed by atoms with E-state index in [0.29, 0.717) is 13.8 Å². The van der Waals surface area contributed by atoms with Gasteiger partial charge in [0.1, 0.15) is 0 Å². The van der Waals surface area contributed by atoms with Gasteiger partial charge in [0.2, 0.25) is 5.91 Å². The maximum absolute atomic E-state index is 12.9. The number of rotatable bonds is 8.